The number of thiazole rings is 1. The molecule has 1 atom stereocenters. The third-order valence-corrected chi connectivity index (χ3v) is 6.07. The Hall–Kier alpha value is -1.47. The number of aryl methyl sites for hydroxylation is 2. The van der Waals surface area contributed by atoms with E-state index in [2.05, 4.69) is 4.98 Å². The molecule has 7 heteroatoms. The van der Waals surface area contributed by atoms with Crippen molar-refractivity contribution in [2.24, 2.45) is 5.41 Å². The number of carbonyl (C=O) groups excluding carboxylic acids is 2. The van der Waals surface area contributed by atoms with Gasteiger partial charge in [0.2, 0.25) is 11.8 Å². The number of aliphatic hydroxyl groups is 1. The largest absolute Gasteiger partial charge is 0.391 e. The summed E-state index contributed by atoms with van der Waals surface area (Å²) in [6.07, 6.45) is 2.50. The second-order valence-corrected chi connectivity index (χ2v) is 8.12. The number of likely N-dealkylation sites (tertiary alicyclic amines) is 2. The van der Waals surface area contributed by atoms with E-state index in [0.717, 1.165) is 10.7 Å². The van der Waals surface area contributed by atoms with E-state index in [1.54, 1.807) is 23.3 Å². The lowest BCUT2D eigenvalue weighted by Crippen LogP contribution is -2.56. The molecule has 132 valence electrons. The Morgan fingerprint density at radius 1 is 1.46 bits per heavy atom. The first-order valence-corrected chi connectivity index (χ1v) is 9.40. The normalized spacial score (nSPS) is 23.8. The predicted octanol–water partition coefficient (Wildman–Crippen LogP) is 1.22. The van der Waals surface area contributed by atoms with Gasteiger partial charge in [-0.1, -0.05) is 0 Å². The van der Waals surface area contributed by atoms with Crippen LogP contribution in [0.25, 0.3) is 0 Å². The highest BCUT2D eigenvalue weighted by molar-refractivity contribution is 7.09. The molecular formula is C17H25N3O3S. The molecular weight excluding hydrogens is 326 g/mol. The summed E-state index contributed by atoms with van der Waals surface area (Å²) in [5.41, 5.74) is 0.501. The number of β-amino-alcohol motifs (C(OH)–C–C–N with tert-alkyl or cyclic N) is 1. The number of aromatic nitrogens is 1. The van der Waals surface area contributed by atoms with E-state index >= 15 is 0 Å². The minimum absolute atomic E-state index is 0.123. The summed E-state index contributed by atoms with van der Waals surface area (Å²) < 4.78 is 0. The van der Waals surface area contributed by atoms with Crippen LogP contribution in [0.4, 0.5) is 0 Å². The van der Waals surface area contributed by atoms with Gasteiger partial charge in [0.05, 0.1) is 22.2 Å². The first-order valence-electron chi connectivity index (χ1n) is 8.52. The van der Waals surface area contributed by atoms with Gasteiger partial charge in [-0.2, -0.15) is 0 Å². The lowest BCUT2D eigenvalue weighted by atomic mass is 9.71. The maximum atomic E-state index is 12.5. The zero-order valence-electron chi connectivity index (χ0n) is 14.3. The molecule has 2 aliphatic heterocycles. The number of hydrogen-bond acceptors (Lipinski definition) is 5. The number of hydrogen-bond donors (Lipinski definition) is 1. The quantitative estimate of drug-likeness (QED) is 0.888. The van der Waals surface area contributed by atoms with Gasteiger partial charge >= 0.3 is 0 Å². The van der Waals surface area contributed by atoms with Crippen LogP contribution in [-0.4, -0.2) is 64.5 Å². The number of nitrogens with zero attached hydrogens (tertiary/aromatic N) is 3. The van der Waals surface area contributed by atoms with Gasteiger partial charge in [-0.3, -0.25) is 9.59 Å². The first-order chi connectivity index (χ1) is 11.4. The molecule has 1 spiro atoms. The molecule has 2 aliphatic rings. The van der Waals surface area contributed by atoms with Crippen LogP contribution in [0.5, 0.6) is 0 Å². The molecule has 2 saturated heterocycles. The summed E-state index contributed by atoms with van der Waals surface area (Å²) in [6, 6.07) is 0. The molecule has 0 aromatic carbocycles. The van der Waals surface area contributed by atoms with E-state index in [1.807, 2.05) is 17.2 Å². The Labute approximate surface area is 146 Å². The smallest absolute Gasteiger partial charge is 0.228 e. The van der Waals surface area contributed by atoms with Crippen molar-refractivity contribution >= 4 is 23.2 Å². The van der Waals surface area contributed by atoms with Gasteiger partial charge in [0, 0.05) is 38.5 Å². The van der Waals surface area contributed by atoms with Crippen molar-refractivity contribution in [1.82, 2.24) is 14.8 Å². The SMILES string of the molecule is Cc1nc(CCC(=O)N2CCC3(CC2)CC(O)CN(C)C3=O)cs1. The fraction of sp³-hybridized carbons (Fsp3) is 0.706. The second kappa shape index (κ2) is 6.80. The summed E-state index contributed by atoms with van der Waals surface area (Å²) >= 11 is 1.61. The number of rotatable bonds is 3. The van der Waals surface area contributed by atoms with Crippen LogP contribution < -0.4 is 0 Å². The van der Waals surface area contributed by atoms with Crippen molar-refractivity contribution < 1.29 is 14.7 Å². The molecule has 0 aliphatic carbocycles. The van der Waals surface area contributed by atoms with Gasteiger partial charge in [0.15, 0.2) is 0 Å². The van der Waals surface area contributed by atoms with Gasteiger partial charge in [-0.05, 0) is 32.6 Å². The molecule has 2 amide bonds. The van der Waals surface area contributed by atoms with Crippen LogP contribution in [0.1, 0.15) is 36.4 Å². The fourth-order valence-corrected chi connectivity index (χ4v) is 4.57. The molecule has 1 aromatic rings. The average Bonchev–Trinajstić information content (AvgIpc) is 2.96. The zero-order chi connectivity index (χ0) is 17.3. The van der Waals surface area contributed by atoms with Gasteiger partial charge in [0.1, 0.15) is 0 Å². The maximum Gasteiger partial charge on any atom is 0.228 e. The second-order valence-electron chi connectivity index (χ2n) is 7.06. The van der Waals surface area contributed by atoms with Crippen LogP contribution in [0, 0.1) is 12.3 Å². The molecule has 3 rings (SSSR count). The molecule has 0 bridgehead atoms. The summed E-state index contributed by atoms with van der Waals surface area (Å²) in [6.45, 7) is 3.57. The Kier molecular flexibility index (Phi) is 4.92. The Balaban J connectivity index is 1.54. The molecule has 1 aromatic heterocycles. The van der Waals surface area contributed by atoms with Crippen molar-refractivity contribution in [1.29, 1.82) is 0 Å². The van der Waals surface area contributed by atoms with Crippen LogP contribution in [0.2, 0.25) is 0 Å². The van der Waals surface area contributed by atoms with E-state index in [1.165, 1.54) is 0 Å². The maximum absolute atomic E-state index is 12.5. The lowest BCUT2D eigenvalue weighted by molar-refractivity contribution is -0.156. The minimum atomic E-state index is -0.477. The van der Waals surface area contributed by atoms with E-state index < -0.39 is 11.5 Å². The van der Waals surface area contributed by atoms with Crippen molar-refractivity contribution in [3.05, 3.63) is 16.1 Å². The predicted molar refractivity (Wildman–Crippen MR) is 91.7 cm³/mol. The highest BCUT2D eigenvalue weighted by atomic mass is 32.1. The van der Waals surface area contributed by atoms with E-state index in [-0.39, 0.29) is 11.8 Å². The minimum Gasteiger partial charge on any atom is -0.391 e. The number of piperidine rings is 2. The van der Waals surface area contributed by atoms with Crippen molar-refractivity contribution in [3.8, 4) is 0 Å². The highest BCUT2D eigenvalue weighted by Crippen LogP contribution is 2.40. The Morgan fingerprint density at radius 2 is 2.17 bits per heavy atom. The first kappa shape index (κ1) is 17.4. The van der Waals surface area contributed by atoms with Crippen LogP contribution in [0.15, 0.2) is 5.38 Å². The molecule has 3 heterocycles. The van der Waals surface area contributed by atoms with Gasteiger partial charge in [-0.15, -0.1) is 11.3 Å². The average molecular weight is 351 g/mol. The van der Waals surface area contributed by atoms with Gasteiger partial charge in [0.25, 0.3) is 0 Å². The summed E-state index contributed by atoms with van der Waals surface area (Å²) in [4.78, 5) is 32.8. The highest BCUT2D eigenvalue weighted by Gasteiger charge is 2.47. The van der Waals surface area contributed by atoms with Crippen LogP contribution in [0.3, 0.4) is 0 Å². The summed E-state index contributed by atoms with van der Waals surface area (Å²) in [5.74, 6) is 0.255. The molecule has 24 heavy (non-hydrogen) atoms. The fourth-order valence-electron chi connectivity index (χ4n) is 3.93. The number of amides is 2. The van der Waals surface area contributed by atoms with E-state index in [9.17, 15) is 14.7 Å². The van der Waals surface area contributed by atoms with E-state index in [4.69, 9.17) is 0 Å². The standard InChI is InChI=1S/C17H25N3O3S/c1-12-18-13(11-24-12)3-4-15(22)20-7-5-17(6-8-20)9-14(21)10-19(2)16(17)23/h11,14,21H,3-10H2,1-2H3. The van der Waals surface area contributed by atoms with E-state index in [0.29, 0.717) is 51.7 Å². The van der Waals surface area contributed by atoms with Crippen LogP contribution >= 0.6 is 11.3 Å². The third kappa shape index (κ3) is 3.47. The molecule has 2 fully saturated rings. The molecule has 6 nitrogen and oxygen atoms in total. The van der Waals surface area contributed by atoms with Crippen LogP contribution in [-0.2, 0) is 16.0 Å². The zero-order valence-corrected chi connectivity index (χ0v) is 15.1. The molecule has 1 unspecified atom stereocenters. The molecule has 0 radical (unpaired) electrons. The lowest BCUT2D eigenvalue weighted by Gasteiger charge is -2.47. The number of likely N-dealkylation sites (N-methyl/N-ethyl adjacent to an activating group) is 1. The summed E-state index contributed by atoms with van der Waals surface area (Å²) in [7, 11) is 1.75. The topological polar surface area (TPSA) is 73.7 Å². The van der Waals surface area contributed by atoms with Gasteiger partial charge in [-0.25, -0.2) is 4.98 Å². The monoisotopic (exact) mass is 351 g/mol. The van der Waals surface area contributed by atoms with Crippen molar-refractivity contribution in [3.63, 3.8) is 0 Å². The van der Waals surface area contributed by atoms with Gasteiger partial charge < -0.3 is 14.9 Å². The molecule has 0 saturated carbocycles. The molecule has 1 N–H and O–H groups in total. The number of carbonyl (C=O) groups is 2. The third-order valence-electron chi connectivity index (χ3n) is 5.25. The summed E-state index contributed by atoms with van der Waals surface area (Å²) in [5, 5.41) is 13.1. The Morgan fingerprint density at radius 3 is 2.79 bits per heavy atom. The Bertz CT molecular complexity index is 622. The van der Waals surface area contributed by atoms with Crippen molar-refractivity contribution in [2.45, 2.75) is 45.1 Å². The van der Waals surface area contributed by atoms with Crippen molar-refractivity contribution in [2.75, 3.05) is 26.7 Å². The number of aliphatic hydroxyl groups excluding tert-OH is 1.